The molecule has 0 spiro atoms. The van der Waals surface area contributed by atoms with Gasteiger partial charge in [-0.2, -0.15) is 0 Å². The first-order valence-electron chi connectivity index (χ1n) is 6.29. The molecule has 1 aromatic heterocycles. The highest BCUT2D eigenvalue weighted by atomic mass is 32.1. The van der Waals surface area contributed by atoms with Crippen molar-refractivity contribution in [2.75, 3.05) is 26.4 Å². The quantitative estimate of drug-likeness (QED) is 0.581. The number of ether oxygens (including phenoxy) is 2. The van der Waals surface area contributed by atoms with Crippen LogP contribution in [0, 0.1) is 11.8 Å². The maximum Gasteiger partial charge on any atom is 0.0823 e. The maximum atomic E-state index is 5.57. The second kappa shape index (κ2) is 10.1. The van der Waals surface area contributed by atoms with E-state index in [1.54, 1.807) is 11.3 Å². The third-order valence-corrected chi connectivity index (χ3v) is 3.21. The van der Waals surface area contributed by atoms with Crippen molar-refractivity contribution in [3.63, 3.8) is 0 Å². The molecule has 0 amide bonds. The highest BCUT2D eigenvalue weighted by molar-refractivity contribution is 7.10. The first kappa shape index (κ1) is 15.2. The van der Waals surface area contributed by atoms with E-state index in [0.717, 1.165) is 23.5 Å². The van der Waals surface area contributed by atoms with E-state index >= 15 is 0 Å². The Hall–Kier alpha value is -0.860. The first-order valence-corrected chi connectivity index (χ1v) is 7.17. The van der Waals surface area contributed by atoms with E-state index in [-0.39, 0.29) is 0 Å². The summed E-state index contributed by atoms with van der Waals surface area (Å²) in [5.41, 5.74) is 6.38. The molecule has 4 heteroatoms. The molecule has 0 bridgehead atoms. The molecular weight excluding hydrogens is 246 g/mol. The van der Waals surface area contributed by atoms with Crippen LogP contribution in [0.2, 0.25) is 0 Å². The van der Waals surface area contributed by atoms with Gasteiger partial charge in [-0.15, -0.1) is 11.3 Å². The maximum absolute atomic E-state index is 5.57. The van der Waals surface area contributed by atoms with Crippen LogP contribution in [0.3, 0.4) is 0 Å². The van der Waals surface area contributed by atoms with Crippen LogP contribution in [0.25, 0.3) is 0 Å². The summed E-state index contributed by atoms with van der Waals surface area (Å²) < 4.78 is 11.0. The topological polar surface area (TPSA) is 44.5 Å². The molecule has 100 valence electrons. The lowest BCUT2D eigenvalue weighted by molar-refractivity contribution is 0.0405. The molecule has 0 aliphatic rings. The van der Waals surface area contributed by atoms with Crippen molar-refractivity contribution in [3.8, 4) is 11.8 Å². The molecule has 0 saturated heterocycles. The fourth-order valence-electron chi connectivity index (χ4n) is 1.34. The van der Waals surface area contributed by atoms with Crippen LogP contribution < -0.4 is 5.73 Å². The van der Waals surface area contributed by atoms with E-state index in [2.05, 4.69) is 18.8 Å². The SMILES string of the molecule is CCCCOCCOCc1sccc1C#CCN. The molecule has 3 nitrogen and oxygen atoms in total. The first-order chi connectivity index (χ1) is 8.88. The molecule has 0 aliphatic carbocycles. The van der Waals surface area contributed by atoms with Gasteiger partial charge in [-0.1, -0.05) is 25.2 Å². The van der Waals surface area contributed by atoms with E-state index < -0.39 is 0 Å². The molecule has 18 heavy (non-hydrogen) atoms. The van der Waals surface area contributed by atoms with Gasteiger partial charge in [0.15, 0.2) is 0 Å². The van der Waals surface area contributed by atoms with Gasteiger partial charge in [-0.05, 0) is 17.9 Å². The predicted octanol–water partition coefficient (Wildman–Crippen LogP) is 2.39. The molecule has 0 fully saturated rings. The number of thiophene rings is 1. The summed E-state index contributed by atoms with van der Waals surface area (Å²) in [6.45, 7) is 5.26. The highest BCUT2D eigenvalue weighted by Crippen LogP contribution is 2.16. The predicted molar refractivity (Wildman–Crippen MR) is 75.6 cm³/mol. The van der Waals surface area contributed by atoms with Gasteiger partial charge in [0.25, 0.3) is 0 Å². The smallest absolute Gasteiger partial charge is 0.0823 e. The van der Waals surface area contributed by atoms with Gasteiger partial charge in [0.1, 0.15) is 0 Å². The minimum Gasteiger partial charge on any atom is -0.379 e. The van der Waals surface area contributed by atoms with Crippen molar-refractivity contribution in [3.05, 3.63) is 21.9 Å². The minimum absolute atomic E-state index is 0.390. The third kappa shape index (κ3) is 6.18. The van der Waals surface area contributed by atoms with Crippen molar-refractivity contribution in [1.29, 1.82) is 0 Å². The Morgan fingerprint density at radius 3 is 2.89 bits per heavy atom. The number of rotatable bonds is 8. The molecule has 0 unspecified atom stereocenters. The molecule has 2 N–H and O–H groups in total. The van der Waals surface area contributed by atoms with E-state index in [1.165, 1.54) is 6.42 Å². The third-order valence-electron chi connectivity index (χ3n) is 2.32. The molecule has 0 aliphatic heterocycles. The van der Waals surface area contributed by atoms with Crippen LogP contribution in [0.1, 0.15) is 30.2 Å². The lowest BCUT2D eigenvalue weighted by Gasteiger charge is -2.04. The summed E-state index contributed by atoms with van der Waals surface area (Å²) in [6, 6.07) is 2.00. The molecule has 0 atom stereocenters. The molecule has 0 saturated carbocycles. The second-order valence-corrected chi connectivity index (χ2v) is 4.78. The van der Waals surface area contributed by atoms with Gasteiger partial charge >= 0.3 is 0 Å². The Morgan fingerprint density at radius 2 is 2.11 bits per heavy atom. The largest absolute Gasteiger partial charge is 0.379 e. The van der Waals surface area contributed by atoms with Crippen molar-refractivity contribution < 1.29 is 9.47 Å². The van der Waals surface area contributed by atoms with Crippen LogP contribution in [-0.4, -0.2) is 26.4 Å². The Balaban J connectivity index is 2.17. The fourth-order valence-corrected chi connectivity index (χ4v) is 2.11. The van der Waals surface area contributed by atoms with Crippen molar-refractivity contribution >= 4 is 11.3 Å². The van der Waals surface area contributed by atoms with Gasteiger partial charge in [0.2, 0.25) is 0 Å². The summed E-state index contributed by atoms with van der Waals surface area (Å²) in [7, 11) is 0. The van der Waals surface area contributed by atoms with Crippen LogP contribution in [-0.2, 0) is 16.1 Å². The zero-order chi connectivity index (χ0) is 13.1. The molecular formula is C14H21NO2S. The molecule has 0 radical (unpaired) electrons. The Bertz CT molecular complexity index is 379. The molecule has 1 aromatic rings. The summed E-state index contributed by atoms with van der Waals surface area (Å²) in [5, 5.41) is 2.02. The number of hydrogen-bond donors (Lipinski definition) is 1. The van der Waals surface area contributed by atoms with Crippen molar-refractivity contribution in [2.24, 2.45) is 5.73 Å². The van der Waals surface area contributed by atoms with E-state index in [0.29, 0.717) is 26.4 Å². The van der Waals surface area contributed by atoms with Crippen LogP contribution in [0.15, 0.2) is 11.4 Å². The van der Waals surface area contributed by atoms with Crippen LogP contribution in [0.4, 0.5) is 0 Å². The Morgan fingerprint density at radius 1 is 1.28 bits per heavy atom. The number of hydrogen-bond acceptors (Lipinski definition) is 4. The lowest BCUT2D eigenvalue weighted by atomic mass is 10.2. The summed E-state index contributed by atoms with van der Waals surface area (Å²) in [6.07, 6.45) is 2.28. The molecule has 1 rings (SSSR count). The zero-order valence-corrected chi connectivity index (χ0v) is 11.7. The van der Waals surface area contributed by atoms with Gasteiger partial charge in [-0.25, -0.2) is 0 Å². The summed E-state index contributed by atoms with van der Waals surface area (Å²) in [4.78, 5) is 1.16. The second-order valence-electron chi connectivity index (χ2n) is 3.78. The normalized spacial score (nSPS) is 10.1. The fraction of sp³-hybridized carbons (Fsp3) is 0.571. The van der Waals surface area contributed by atoms with Crippen molar-refractivity contribution in [1.82, 2.24) is 0 Å². The van der Waals surface area contributed by atoms with E-state index in [4.69, 9.17) is 15.2 Å². The number of nitrogens with two attached hydrogens (primary N) is 1. The molecule has 1 heterocycles. The van der Waals surface area contributed by atoms with Gasteiger partial charge in [0, 0.05) is 17.0 Å². The standard InChI is InChI=1S/C14H21NO2S/c1-2-3-8-16-9-10-17-12-14-13(5-4-7-15)6-11-18-14/h6,11H,2-3,7-10,12,15H2,1H3. The van der Waals surface area contributed by atoms with Crippen LogP contribution in [0.5, 0.6) is 0 Å². The van der Waals surface area contributed by atoms with Crippen molar-refractivity contribution in [2.45, 2.75) is 26.4 Å². The van der Waals surface area contributed by atoms with E-state index in [9.17, 15) is 0 Å². The van der Waals surface area contributed by atoms with Gasteiger partial charge in [0.05, 0.1) is 26.4 Å². The summed E-state index contributed by atoms with van der Waals surface area (Å²) >= 11 is 1.66. The highest BCUT2D eigenvalue weighted by Gasteiger charge is 2.01. The lowest BCUT2D eigenvalue weighted by Crippen LogP contribution is -2.05. The average Bonchev–Trinajstić information content (AvgIpc) is 2.83. The van der Waals surface area contributed by atoms with Gasteiger partial charge < -0.3 is 15.2 Å². The minimum atomic E-state index is 0.390. The average molecular weight is 267 g/mol. The molecule has 0 aromatic carbocycles. The van der Waals surface area contributed by atoms with E-state index in [1.807, 2.05) is 11.4 Å². The zero-order valence-electron chi connectivity index (χ0n) is 10.9. The summed E-state index contributed by atoms with van der Waals surface area (Å²) in [5.74, 6) is 5.91. The monoisotopic (exact) mass is 267 g/mol. The number of unbranched alkanes of at least 4 members (excludes halogenated alkanes) is 1. The Kier molecular flexibility index (Phi) is 8.53. The van der Waals surface area contributed by atoms with Gasteiger partial charge in [-0.3, -0.25) is 0 Å². The van der Waals surface area contributed by atoms with Crippen LogP contribution >= 0.6 is 11.3 Å². The Labute approximate surface area is 113 Å².